The van der Waals surface area contributed by atoms with Gasteiger partial charge in [-0.15, -0.1) is 0 Å². The Hall–Kier alpha value is -1.11. The van der Waals surface area contributed by atoms with Crippen LogP contribution in [0.4, 0.5) is 0 Å². The molecule has 0 aromatic heterocycles. The zero-order valence-electron chi connectivity index (χ0n) is 9.11. The first-order valence-electron chi connectivity index (χ1n) is 5.93. The molecular weight excluding hydrogens is 184 g/mol. The Morgan fingerprint density at radius 3 is 2.53 bits per heavy atom. The van der Waals surface area contributed by atoms with Crippen LogP contribution in [-0.4, -0.2) is 5.78 Å². The fraction of sp³-hybridized carbons (Fsp3) is 0.500. The molecule has 1 atom stereocenters. The Bertz CT molecular complexity index is 315. The van der Waals surface area contributed by atoms with E-state index in [1.165, 1.54) is 18.4 Å². The van der Waals surface area contributed by atoms with Gasteiger partial charge in [0.15, 0.2) is 0 Å². The summed E-state index contributed by atoms with van der Waals surface area (Å²) in [5.74, 6) is 1.06. The van der Waals surface area contributed by atoms with Gasteiger partial charge in [0.25, 0.3) is 0 Å². The van der Waals surface area contributed by atoms with Crippen molar-refractivity contribution in [3.05, 3.63) is 35.9 Å². The van der Waals surface area contributed by atoms with Gasteiger partial charge in [0.2, 0.25) is 0 Å². The van der Waals surface area contributed by atoms with Crippen molar-refractivity contribution in [2.24, 2.45) is 0 Å². The second kappa shape index (κ2) is 5.11. The predicted molar refractivity (Wildman–Crippen MR) is 61.9 cm³/mol. The molecule has 2 rings (SSSR count). The number of ketones is 1. The van der Waals surface area contributed by atoms with Crippen molar-refractivity contribution < 1.29 is 4.79 Å². The highest BCUT2D eigenvalue weighted by molar-refractivity contribution is 5.78. The summed E-state index contributed by atoms with van der Waals surface area (Å²) < 4.78 is 0. The van der Waals surface area contributed by atoms with Gasteiger partial charge in [-0.2, -0.15) is 0 Å². The molecule has 1 fully saturated rings. The Morgan fingerprint density at radius 1 is 0.933 bits per heavy atom. The van der Waals surface area contributed by atoms with Crippen LogP contribution in [-0.2, 0) is 4.79 Å². The third kappa shape index (κ3) is 2.92. The maximum Gasteiger partial charge on any atom is 0.132 e. The summed E-state index contributed by atoms with van der Waals surface area (Å²) in [5.41, 5.74) is 1.41. The van der Waals surface area contributed by atoms with Crippen LogP contribution >= 0.6 is 0 Å². The average molecular weight is 202 g/mol. The predicted octanol–water partition coefficient (Wildman–Crippen LogP) is 3.69. The topological polar surface area (TPSA) is 17.1 Å². The van der Waals surface area contributed by atoms with Gasteiger partial charge in [0.05, 0.1) is 0 Å². The van der Waals surface area contributed by atoms with Crippen molar-refractivity contribution >= 4 is 5.78 Å². The summed E-state index contributed by atoms with van der Waals surface area (Å²) in [5, 5.41) is 0. The SMILES string of the molecule is O=C1CCCCC(c2ccccc2)CC1. The van der Waals surface area contributed by atoms with Crippen molar-refractivity contribution in [2.75, 3.05) is 0 Å². The smallest absolute Gasteiger partial charge is 0.132 e. The largest absolute Gasteiger partial charge is 0.300 e. The van der Waals surface area contributed by atoms with E-state index in [0.29, 0.717) is 11.7 Å². The summed E-state index contributed by atoms with van der Waals surface area (Å²) >= 11 is 0. The summed E-state index contributed by atoms with van der Waals surface area (Å²) in [6, 6.07) is 10.6. The van der Waals surface area contributed by atoms with Crippen molar-refractivity contribution in [1.29, 1.82) is 0 Å². The number of hydrogen-bond acceptors (Lipinski definition) is 1. The lowest BCUT2D eigenvalue weighted by molar-refractivity contribution is -0.119. The lowest BCUT2D eigenvalue weighted by atomic mass is 9.86. The molecule has 0 aliphatic heterocycles. The van der Waals surface area contributed by atoms with Crippen LogP contribution < -0.4 is 0 Å². The van der Waals surface area contributed by atoms with E-state index in [4.69, 9.17) is 0 Å². The zero-order chi connectivity index (χ0) is 10.5. The van der Waals surface area contributed by atoms with Crippen molar-refractivity contribution in [2.45, 2.75) is 44.4 Å². The monoisotopic (exact) mass is 202 g/mol. The van der Waals surface area contributed by atoms with Crippen molar-refractivity contribution in [1.82, 2.24) is 0 Å². The van der Waals surface area contributed by atoms with Gasteiger partial charge in [-0.05, 0) is 30.7 Å². The fourth-order valence-electron chi connectivity index (χ4n) is 2.38. The molecule has 1 heteroatoms. The zero-order valence-corrected chi connectivity index (χ0v) is 9.11. The molecule has 0 saturated heterocycles. The molecule has 0 amide bonds. The number of rotatable bonds is 1. The molecule has 1 nitrogen and oxygen atoms in total. The van der Waals surface area contributed by atoms with Gasteiger partial charge in [0.1, 0.15) is 5.78 Å². The number of hydrogen-bond donors (Lipinski definition) is 0. The van der Waals surface area contributed by atoms with E-state index in [2.05, 4.69) is 30.3 Å². The number of carbonyl (C=O) groups is 1. The summed E-state index contributed by atoms with van der Waals surface area (Å²) in [4.78, 5) is 11.4. The van der Waals surface area contributed by atoms with E-state index < -0.39 is 0 Å². The molecule has 1 aromatic carbocycles. The molecule has 0 radical (unpaired) electrons. The highest BCUT2D eigenvalue weighted by Gasteiger charge is 2.16. The Kier molecular flexibility index (Phi) is 3.54. The van der Waals surface area contributed by atoms with E-state index >= 15 is 0 Å². The van der Waals surface area contributed by atoms with E-state index in [-0.39, 0.29) is 0 Å². The number of benzene rings is 1. The highest BCUT2D eigenvalue weighted by Crippen LogP contribution is 2.29. The molecule has 0 N–H and O–H groups in total. The fourth-order valence-corrected chi connectivity index (χ4v) is 2.38. The lowest BCUT2D eigenvalue weighted by Crippen LogP contribution is -2.08. The van der Waals surface area contributed by atoms with Crippen molar-refractivity contribution in [3.8, 4) is 0 Å². The van der Waals surface area contributed by atoms with E-state index in [1.807, 2.05) is 0 Å². The first-order valence-corrected chi connectivity index (χ1v) is 5.93. The van der Waals surface area contributed by atoms with Gasteiger partial charge in [-0.1, -0.05) is 36.8 Å². The molecule has 0 heterocycles. The molecule has 80 valence electrons. The Balaban J connectivity index is 2.04. The van der Waals surface area contributed by atoms with Crippen LogP contribution in [0.2, 0.25) is 0 Å². The minimum Gasteiger partial charge on any atom is -0.300 e. The molecule has 1 unspecified atom stereocenters. The summed E-state index contributed by atoms with van der Waals surface area (Å²) in [6.07, 6.45) is 6.16. The minimum absolute atomic E-state index is 0.454. The minimum atomic E-state index is 0.454. The van der Waals surface area contributed by atoms with Gasteiger partial charge < -0.3 is 0 Å². The van der Waals surface area contributed by atoms with Crippen LogP contribution in [0.15, 0.2) is 30.3 Å². The first kappa shape index (κ1) is 10.4. The van der Waals surface area contributed by atoms with Crippen LogP contribution in [0.5, 0.6) is 0 Å². The third-order valence-electron chi connectivity index (χ3n) is 3.30. The maximum absolute atomic E-state index is 11.4. The molecule has 0 spiro atoms. The van der Waals surface area contributed by atoms with Crippen molar-refractivity contribution in [3.63, 3.8) is 0 Å². The van der Waals surface area contributed by atoms with Crippen LogP contribution in [0.25, 0.3) is 0 Å². The van der Waals surface area contributed by atoms with Gasteiger partial charge >= 0.3 is 0 Å². The van der Waals surface area contributed by atoms with E-state index in [9.17, 15) is 4.79 Å². The quantitative estimate of drug-likeness (QED) is 0.678. The first-order chi connectivity index (χ1) is 7.36. The molecule has 1 aromatic rings. The molecule has 0 bridgehead atoms. The second-order valence-electron chi connectivity index (χ2n) is 4.43. The Labute approximate surface area is 91.5 Å². The van der Waals surface area contributed by atoms with E-state index in [1.54, 1.807) is 0 Å². The summed E-state index contributed by atoms with van der Waals surface area (Å²) in [7, 11) is 0. The molecule has 1 saturated carbocycles. The molecule has 1 aliphatic rings. The standard InChI is InChI=1S/C14H18O/c15-14-9-5-4-8-13(10-11-14)12-6-2-1-3-7-12/h1-3,6-7,13H,4-5,8-11H2. The van der Waals surface area contributed by atoms with E-state index in [0.717, 1.165) is 25.7 Å². The second-order valence-corrected chi connectivity index (χ2v) is 4.43. The maximum atomic E-state index is 11.4. The number of Topliss-reactive ketones (excluding diaryl/α,β-unsaturated/α-hetero) is 1. The molecule has 15 heavy (non-hydrogen) atoms. The highest BCUT2D eigenvalue weighted by atomic mass is 16.1. The van der Waals surface area contributed by atoms with Crippen LogP contribution in [0.1, 0.15) is 50.0 Å². The number of carbonyl (C=O) groups excluding carboxylic acids is 1. The van der Waals surface area contributed by atoms with Gasteiger partial charge in [0, 0.05) is 12.8 Å². The van der Waals surface area contributed by atoms with Crippen LogP contribution in [0, 0.1) is 0 Å². The lowest BCUT2D eigenvalue weighted by Gasteiger charge is -2.19. The molecule has 1 aliphatic carbocycles. The average Bonchev–Trinajstić information content (AvgIpc) is 2.25. The van der Waals surface area contributed by atoms with Gasteiger partial charge in [-0.3, -0.25) is 4.79 Å². The Morgan fingerprint density at radius 2 is 1.73 bits per heavy atom. The van der Waals surface area contributed by atoms with Crippen LogP contribution in [0.3, 0.4) is 0 Å². The third-order valence-corrected chi connectivity index (χ3v) is 3.30. The van der Waals surface area contributed by atoms with Gasteiger partial charge in [-0.25, -0.2) is 0 Å². The normalized spacial score (nSPS) is 23.2. The summed E-state index contributed by atoms with van der Waals surface area (Å²) in [6.45, 7) is 0. The molecular formula is C14H18O.